The quantitative estimate of drug-likeness (QED) is 0.465. The van der Waals surface area contributed by atoms with Gasteiger partial charge in [0.25, 0.3) is 0 Å². The average Bonchev–Trinajstić information content (AvgIpc) is 2.34. The van der Waals surface area contributed by atoms with Crippen LogP contribution in [0, 0.1) is 0 Å². The van der Waals surface area contributed by atoms with E-state index < -0.39 is 0 Å². The predicted molar refractivity (Wildman–Crippen MR) is 35.7 cm³/mol. The van der Waals surface area contributed by atoms with Gasteiger partial charge in [-0.25, -0.2) is 5.10 Å². The standard InChI is InChI=1S/C6H9N3O/c10-6-4-3-7-2-1-5(4)8-9-6/h7H,1-3H2,(H2,8,9,10). The lowest BCUT2D eigenvalue weighted by Crippen LogP contribution is -2.22. The normalized spacial score (nSPS) is 16.8. The van der Waals surface area contributed by atoms with Crippen LogP contribution in [0.2, 0.25) is 0 Å². The first-order valence-corrected chi connectivity index (χ1v) is 3.34. The Morgan fingerprint density at radius 3 is 3.20 bits per heavy atom. The first-order chi connectivity index (χ1) is 4.88. The molecule has 4 heteroatoms. The van der Waals surface area contributed by atoms with Crippen LogP contribution in [0.5, 0.6) is 5.88 Å². The minimum Gasteiger partial charge on any atom is -0.493 e. The zero-order valence-corrected chi connectivity index (χ0v) is 5.52. The van der Waals surface area contributed by atoms with Crippen molar-refractivity contribution in [3.05, 3.63) is 11.3 Å². The van der Waals surface area contributed by atoms with Crippen LogP contribution >= 0.6 is 0 Å². The monoisotopic (exact) mass is 139 g/mol. The van der Waals surface area contributed by atoms with Gasteiger partial charge < -0.3 is 10.4 Å². The maximum Gasteiger partial charge on any atom is 0.211 e. The van der Waals surface area contributed by atoms with Crippen molar-refractivity contribution in [2.75, 3.05) is 6.54 Å². The van der Waals surface area contributed by atoms with E-state index in [-0.39, 0.29) is 5.88 Å². The highest BCUT2D eigenvalue weighted by Gasteiger charge is 2.14. The number of aromatic amines is 1. The number of aromatic hydroxyl groups is 1. The highest BCUT2D eigenvalue weighted by molar-refractivity contribution is 5.30. The van der Waals surface area contributed by atoms with Gasteiger partial charge in [0.15, 0.2) is 0 Å². The van der Waals surface area contributed by atoms with E-state index in [1.54, 1.807) is 0 Å². The molecule has 0 unspecified atom stereocenters. The second-order valence-corrected chi connectivity index (χ2v) is 2.42. The molecule has 0 atom stereocenters. The van der Waals surface area contributed by atoms with Crippen LogP contribution in [-0.4, -0.2) is 21.8 Å². The Balaban J connectivity index is 2.45. The molecule has 0 bridgehead atoms. The van der Waals surface area contributed by atoms with Crippen molar-refractivity contribution in [1.29, 1.82) is 0 Å². The van der Waals surface area contributed by atoms with Gasteiger partial charge in [-0.2, -0.15) is 5.10 Å². The number of nitrogens with zero attached hydrogens (tertiary/aromatic N) is 1. The second-order valence-electron chi connectivity index (χ2n) is 2.42. The maximum absolute atomic E-state index is 9.14. The number of H-pyrrole nitrogens is 1. The SMILES string of the molecule is Oc1[nH]nc2c1CNCC2. The van der Waals surface area contributed by atoms with Gasteiger partial charge in [0.2, 0.25) is 5.88 Å². The predicted octanol–water partition coefficient (Wildman–Crippen LogP) is -0.239. The van der Waals surface area contributed by atoms with Gasteiger partial charge in [0.1, 0.15) is 0 Å². The molecule has 0 aromatic carbocycles. The van der Waals surface area contributed by atoms with Gasteiger partial charge in [-0.1, -0.05) is 0 Å². The third-order valence-corrected chi connectivity index (χ3v) is 1.77. The summed E-state index contributed by atoms with van der Waals surface area (Å²) in [7, 11) is 0. The molecule has 1 aromatic rings. The van der Waals surface area contributed by atoms with E-state index in [4.69, 9.17) is 5.11 Å². The Labute approximate surface area is 58.3 Å². The summed E-state index contributed by atoms with van der Waals surface area (Å²) in [6.07, 6.45) is 0.909. The molecule has 1 aromatic heterocycles. The van der Waals surface area contributed by atoms with E-state index in [0.717, 1.165) is 30.8 Å². The van der Waals surface area contributed by atoms with Crippen LogP contribution in [-0.2, 0) is 13.0 Å². The third kappa shape index (κ3) is 0.690. The zero-order chi connectivity index (χ0) is 6.97. The molecule has 0 aliphatic carbocycles. The lowest BCUT2D eigenvalue weighted by atomic mass is 10.1. The number of aromatic nitrogens is 2. The summed E-state index contributed by atoms with van der Waals surface area (Å²) in [5.74, 6) is 0.210. The van der Waals surface area contributed by atoms with Crippen molar-refractivity contribution in [2.24, 2.45) is 0 Å². The van der Waals surface area contributed by atoms with Crippen molar-refractivity contribution < 1.29 is 5.11 Å². The molecule has 0 fully saturated rings. The summed E-state index contributed by atoms with van der Waals surface area (Å²) in [4.78, 5) is 0. The molecule has 4 nitrogen and oxygen atoms in total. The van der Waals surface area contributed by atoms with Crippen LogP contribution in [0.3, 0.4) is 0 Å². The van der Waals surface area contributed by atoms with Gasteiger partial charge in [-0.3, -0.25) is 0 Å². The van der Waals surface area contributed by atoms with Crippen LogP contribution in [0.4, 0.5) is 0 Å². The number of rotatable bonds is 0. The molecule has 0 saturated carbocycles. The van der Waals surface area contributed by atoms with Crippen LogP contribution < -0.4 is 5.32 Å². The van der Waals surface area contributed by atoms with E-state index in [9.17, 15) is 0 Å². The van der Waals surface area contributed by atoms with E-state index >= 15 is 0 Å². The van der Waals surface area contributed by atoms with Crippen LogP contribution in [0.1, 0.15) is 11.3 Å². The fraction of sp³-hybridized carbons (Fsp3) is 0.500. The molecule has 2 heterocycles. The molecular weight excluding hydrogens is 130 g/mol. The number of fused-ring (bicyclic) bond motifs is 1. The molecule has 10 heavy (non-hydrogen) atoms. The highest BCUT2D eigenvalue weighted by atomic mass is 16.3. The zero-order valence-electron chi connectivity index (χ0n) is 5.52. The van der Waals surface area contributed by atoms with Gasteiger partial charge >= 0.3 is 0 Å². The summed E-state index contributed by atoms with van der Waals surface area (Å²) in [5, 5.41) is 18.8. The molecule has 54 valence electrons. The molecule has 0 saturated heterocycles. The molecule has 0 radical (unpaired) electrons. The fourth-order valence-electron chi connectivity index (χ4n) is 1.20. The summed E-state index contributed by atoms with van der Waals surface area (Å²) in [6, 6.07) is 0. The van der Waals surface area contributed by atoms with Gasteiger partial charge in [0.05, 0.1) is 11.3 Å². The number of nitrogens with one attached hydrogen (secondary N) is 2. The van der Waals surface area contributed by atoms with Crippen molar-refractivity contribution in [1.82, 2.24) is 15.5 Å². The molecule has 2 rings (SSSR count). The molecule has 1 aliphatic rings. The van der Waals surface area contributed by atoms with Crippen LogP contribution in [0.25, 0.3) is 0 Å². The Hall–Kier alpha value is -1.03. The van der Waals surface area contributed by atoms with Gasteiger partial charge in [-0.15, -0.1) is 0 Å². The van der Waals surface area contributed by atoms with Crippen molar-refractivity contribution in [3.63, 3.8) is 0 Å². The Morgan fingerprint density at radius 2 is 2.40 bits per heavy atom. The summed E-state index contributed by atoms with van der Waals surface area (Å²) >= 11 is 0. The molecule has 0 spiro atoms. The average molecular weight is 139 g/mol. The Bertz CT molecular complexity index is 243. The number of hydrogen-bond donors (Lipinski definition) is 3. The minimum absolute atomic E-state index is 0.210. The van der Waals surface area contributed by atoms with E-state index in [0.29, 0.717) is 0 Å². The summed E-state index contributed by atoms with van der Waals surface area (Å²) in [5.41, 5.74) is 1.92. The molecule has 1 aliphatic heterocycles. The van der Waals surface area contributed by atoms with Crippen molar-refractivity contribution in [3.8, 4) is 5.88 Å². The molecular formula is C6H9N3O. The second kappa shape index (κ2) is 1.98. The lowest BCUT2D eigenvalue weighted by molar-refractivity contribution is 0.442. The topological polar surface area (TPSA) is 60.9 Å². The fourth-order valence-corrected chi connectivity index (χ4v) is 1.20. The minimum atomic E-state index is 0.210. The maximum atomic E-state index is 9.14. The van der Waals surface area contributed by atoms with Crippen LogP contribution in [0.15, 0.2) is 0 Å². The Kier molecular flexibility index (Phi) is 1.14. The van der Waals surface area contributed by atoms with E-state index in [1.165, 1.54) is 0 Å². The third-order valence-electron chi connectivity index (χ3n) is 1.77. The van der Waals surface area contributed by atoms with E-state index in [2.05, 4.69) is 15.5 Å². The molecule has 0 amide bonds. The first kappa shape index (κ1) is 5.73. The highest BCUT2D eigenvalue weighted by Crippen LogP contribution is 2.19. The largest absolute Gasteiger partial charge is 0.493 e. The lowest BCUT2D eigenvalue weighted by Gasteiger charge is -2.09. The van der Waals surface area contributed by atoms with Gasteiger partial charge in [-0.05, 0) is 0 Å². The van der Waals surface area contributed by atoms with Crippen molar-refractivity contribution in [2.45, 2.75) is 13.0 Å². The van der Waals surface area contributed by atoms with E-state index in [1.807, 2.05) is 0 Å². The van der Waals surface area contributed by atoms with Crippen molar-refractivity contribution >= 4 is 0 Å². The smallest absolute Gasteiger partial charge is 0.211 e. The number of hydrogen-bond acceptors (Lipinski definition) is 3. The summed E-state index contributed by atoms with van der Waals surface area (Å²) in [6.45, 7) is 1.69. The summed E-state index contributed by atoms with van der Waals surface area (Å²) < 4.78 is 0. The van der Waals surface area contributed by atoms with Gasteiger partial charge in [0, 0.05) is 19.5 Å². The first-order valence-electron chi connectivity index (χ1n) is 3.34. The Morgan fingerprint density at radius 1 is 1.50 bits per heavy atom. The molecule has 3 N–H and O–H groups in total.